The van der Waals surface area contributed by atoms with E-state index in [2.05, 4.69) is 32.2 Å². The second-order valence-corrected chi connectivity index (χ2v) is 11.8. The minimum absolute atomic E-state index is 0.0582. The molecular formula is C23H32N2O2S2. The Morgan fingerprint density at radius 3 is 2.62 bits per heavy atom. The third-order valence-corrected chi connectivity index (χ3v) is 7.09. The van der Waals surface area contributed by atoms with Crippen molar-refractivity contribution < 1.29 is 9.53 Å². The maximum Gasteiger partial charge on any atom is 0.411 e. The maximum absolute atomic E-state index is 12.0. The van der Waals surface area contributed by atoms with Crippen molar-refractivity contribution >= 4 is 34.9 Å². The molecule has 0 aliphatic heterocycles. The number of hydrogen-bond donors (Lipinski definition) is 1. The normalized spacial score (nSPS) is 15.5. The molecule has 1 aromatic carbocycles. The van der Waals surface area contributed by atoms with Gasteiger partial charge in [0, 0.05) is 33.0 Å². The number of benzene rings is 1. The van der Waals surface area contributed by atoms with Gasteiger partial charge in [-0.2, -0.15) is 0 Å². The fraction of sp³-hybridized carbons (Fsp3) is 0.565. The Balaban J connectivity index is 1.87. The number of anilines is 1. The molecule has 1 aromatic heterocycles. The van der Waals surface area contributed by atoms with Gasteiger partial charge in [-0.05, 0) is 38.8 Å². The van der Waals surface area contributed by atoms with E-state index in [4.69, 9.17) is 9.72 Å². The smallest absolute Gasteiger partial charge is 0.411 e. The third kappa shape index (κ3) is 6.48. The number of aromatic nitrogens is 1. The molecule has 1 aliphatic carbocycles. The van der Waals surface area contributed by atoms with E-state index >= 15 is 0 Å². The lowest BCUT2D eigenvalue weighted by Crippen LogP contribution is -2.18. The highest BCUT2D eigenvalue weighted by Gasteiger charge is 2.22. The summed E-state index contributed by atoms with van der Waals surface area (Å²) in [5.41, 5.74) is 1.94. The molecule has 158 valence electrons. The molecule has 0 radical (unpaired) electrons. The van der Waals surface area contributed by atoms with Gasteiger partial charge >= 0.3 is 6.09 Å². The van der Waals surface area contributed by atoms with Crippen LogP contribution in [0.15, 0.2) is 29.3 Å². The van der Waals surface area contributed by atoms with Crippen LogP contribution in [0, 0.1) is 0 Å². The van der Waals surface area contributed by atoms with Crippen LogP contribution in [0.4, 0.5) is 10.5 Å². The summed E-state index contributed by atoms with van der Waals surface area (Å²) in [5, 5.41) is 4.12. The van der Waals surface area contributed by atoms with E-state index < -0.39 is 6.09 Å². The van der Waals surface area contributed by atoms with E-state index in [9.17, 15) is 4.79 Å². The number of amides is 1. The lowest BCUT2D eigenvalue weighted by molar-refractivity contribution is 0.130. The van der Waals surface area contributed by atoms with Crippen LogP contribution in [-0.2, 0) is 4.74 Å². The minimum Gasteiger partial charge on any atom is -0.447 e. The van der Waals surface area contributed by atoms with Crippen LogP contribution in [0.3, 0.4) is 0 Å². The van der Waals surface area contributed by atoms with Crippen molar-refractivity contribution in [2.75, 3.05) is 5.32 Å². The predicted octanol–water partition coefficient (Wildman–Crippen LogP) is 7.71. The van der Waals surface area contributed by atoms with Crippen LogP contribution in [0.2, 0.25) is 0 Å². The lowest BCUT2D eigenvalue weighted by atomic mass is 9.90. The van der Waals surface area contributed by atoms with Crippen molar-refractivity contribution in [3.8, 4) is 10.4 Å². The highest BCUT2D eigenvalue weighted by Crippen LogP contribution is 2.43. The first-order valence-corrected chi connectivity index (χ1v) is 12.1. The molecule has 1 saturated carbocycles. The van der Waals surface area contributed by atoms with Gasteiger partial charge in [-0.15, -0.1) is 23.1 Å². The van der Waals surface area contributed by atoms with Crippen molar-refractivity contribution in [2.45, 2.75) is 88.4 Å². The molecule has 1 aliphatic rings. The minimum atomic E-state index is -0.420. The molecule has 6 heteroatoms. The highest BCUT2D eigenvalue weighted by molar-refractivity contribution is 8.00. The molecule has 4 nitrogen and oxygen atoms in total. The van der Waals surface area contributed by atoms with E-state index in [1.165, 1.54) is 47.6 Å². The molecule has 0 spiro atoms. The Labute approximate surface area is 182 Å². The fourth-order valence-electron chi connectivity index (χ4n) is 3.53. The first kappa shape index (κ1) is 22.2. The maximum atomic E-state index is 12.0. The number of carbonyl (C=O) groups excluding carboxylic acids is 1. The number of thioether (sulfide) groups is 1. The Morgan fingerprint density at radius 1 is 1.24 bits per heavy atom. The van der Waals surface area contributed by atoms with Gasteiger partial charge in [-0.25, -0.2) is 9.78 Å². The average molecular weight is 433 g/mol. The number of hydrogen-bond acceptors (Lipinski definition) is 5. The van der Waals surface area contributed by atoms with Crippen LogP contribution >= 0.6 is 23.1 Å². The number of nitrogens with one attached hydrogen (secondary N) is 1. The Bertz CT molecular complexity index is 834. The molecule has 1 fully saturated rings. The molecule has 1 amide bonds. The van der Waals surface area contributed by atoms with Gasteiger partial charge < -0.3 is 4.74 Å². The second kappa shape index (κ2) is 9.52. The molecule has 0 atom stereocenters. The lowest BCUT2D eigenvalue weighted by Gasteiger charge is -2.21. The Morgan fingerprint density at radius 2 is 1.97 bits per heavy atom. The van der Waals surface area contributed by atoms with Gasteiger partial charge in [0.25, 0.3) is 0 Å². The summed E-state index contributed by atoms with van der Waals surface area (Å²) < 4.78 is 5.27. The Hall–Kier alpha value is -1.53. The summed E-state index contributed by atoms with van der Waals surface area (Å²) in [7, 11) is 0. The van der Waals surface area contributed by atoms with E-state index in [1.54, 1.807) is 0 Å². The quantitative estimate of drug-likeness (QED) is 0.492. The van der Waals surface area contributed by atoms with Crippen LogP contribution in [-0.4, -0.2) is 21.9 Å². The monoisotopic (exact) mass is 432 g/mol. The average Bonchev–Trinajstić information content (AvgIpc) is 3.10. The molecule has 3 rings (SSSR count). The largest absolute Gasteiger partial charge is 0.447 e. The van der Waals surface area contributed by atoms with Gasteiger partial charge in [-0.3, -0.25) is 5.32 Å². The first-order valence-electron chi connectivity index (χ1n) is 10.5. The number of ether oxygens (including phenoxy) is 1. The number of carbonyl (C=O) groups is 1. The fourth-order valence-corrected chi connectivity index (χ4v) is 5.85. The summed E-state index contributed by atoms with van der Waals surface area (Å²) in [6.45, 7) is 10.3. The first-order chi connectivity index (χ1) is 13.7. The van der Waals surface area contributed by atoms with Crippen molar-refractivity contribution in [2.24, 2.45) is 0 Å². The summed E-state index contributed by atoms with van der Waals surface area (Å²) in [6, 6.07) is 6.09. The summed E-state index contributed by atoms with van der Waals surface area (Å²) in [6.07, 6.45) is 7.97. The van der Waals surface area contributed by atoms with Gasteiger partial charge in [0.1, 0.15) is 0 Å². The summed E-state index contributed by atoms with van der Waals surface area (Å²) >= 11 is 3.63. The van der Waals surface area contributed by atoms with E-state index in [1.807, 2.05) is 55.3 Å². The van der Waals surface area contributed by atoms with Crippen LogP contribution in [0.5, 0.6) is 0 Å². The van der Waals surface area contributed by atoms with Crippen molar-refractivity contribution in [3.63, 3.8) is 0 Å². The zero-order chi connectivity index (χ0) is 21.0. The molecule has 0 saturated heterocycles. The zero-order valence-corrected chi connectivity index (χ0v) is 19.7. The van der Waals surface area contributed by atoms with E-state index in [0.717, 1.165) is 10.6 Å². The molecule has 0 bridgehead atoms. The zero-order valence-electron chi connectivity index (χ0n) is 18.1. The summed E-state index contributed by atoms with van der Waals surface area (Å²) in [5.74, 6) is 0.618. The van der Waals surface area contributed by atoms with E-state index in [-0.39, 0.29) is 10.9 Å². The van der Waals surface area contributed by atoms with Crippen LogP contribution in [0.25, 0.3) is 10.4 Å². The molecule has 1 heterocycles. The molecule has 1 N–H and O–H groups in total. The van der Waals surface area contributed by atoms with E-state index in [0.29, 0.717) is 5.92 Å². The van der Waals surface area contributed by atoms with Gasteiger partial charge in [0.2, 0.25) is 0 Å². The molecule has 0 unspecified atom stereocenters. The van der Waals surface area contributed by atoms with Crippen molar-refractivity contribution in [3.05, 3.63) is 29.4 Å². The highest BCUT2D eigenvalue weighted by atomic mass is 32.2. The van der Waals surface area contributed by atoms with Gasteiger partial charge in [0.15, 0.2) is 0 Å². The SMILES string of the molecule is CC(C)OC(=O)Nc1ccc(-c2cnc(C3CCCCC3)s2)c(SC(C)(C)C)c1. The number of rotatable bonds is 5. The van der Waals surface area contributed by atoms with Gasteiger partial charge in [0.05, 0.1) is 16.0 Å². The van der Waals surface area contributed by atoms with Crippen LogP contribution in [0.1, 0.15) is 77.6 Å². The van der Waals surface area contributed by atoms with Crippen LogP contribution < -0.4 is 5.32 Å². The Kier molecular flexibility index (Phi) is 7.28. The predicted molar refractivity (Wildman–Crippen MR) is 124 cm³/mol. The number of nitrogens with zero attached hydrogens (tertiary/aromatic N) is 1. The third-order valence-electron chi connectivity index (χ3n) is 4.73. The summed E-state index contributed by atoms with van der Waals surface area (Å²) in [4.78, 5) is 19.1. The molecule has 29 heavy (non-hydrogen) atoms. The van der Waals surface area contributed by atoms with Crippen molar-refractivity contribution in [1.29, 1.82) is 0 Å². The standard InChI is InChI=1S/C23H32N2O2S2/c1-15(2)27-22(26)25-17-11-12-18(19(13-17)29-23(3,4)5)20-14-24-21(28-20)16-9-7-6-8-10-16/h11-16H,6-10H2,1-5H3,(H,25,26). The topological polar surface area (TPSA) is 51.2 Å². The van der Waals surface area contributed by atoms with Gasteiger partial charge in [-0.1, -0.05) is 46.1 Å². The molecular weight excluding hydrogens is 400 g/mol. The number of thiazole rings is 1. The second-order valence-electron chi connectivity index (χ2n) is 8.90. The molecule has 2 aromatic rings. The van der Waals surface area contributed by atoms with Crippen molar-refractivity contribution in [1.82, 2.24) is 4.98 Å².